The zero-order valence-corrected chi connectivity index (χ0v) is 16.0. The molecular weight excluding hydrogens is 375 g/mol. The largest absolute Gasteiger partial charge is 0.352 e. The van der Waals surface area contributed by atoms with Crippen LogP contribution < -0.4 is 4.90 Å². The normalized spacial score (nSPS) is 14.7. The van der Waals surface area contributed by atoms with Crippen LogP contribution in [0.4, 0.5) is 10.2 Å². The SMILES string of the molecule is Cc1noc(CN(C)C2CN(c3ccc4nnc(-c5cccc(F)c5)n4n3)C2)n1. The fraction of sp³-hybridized carbons (Fsp3) is 0.316. The van der Waals surface area contributed by atoms with E-state index in [1.165, 1.54) is 12.1 Å². The van der Waals surface area contributed by atoms with Gasteiger partial charge in [0.15, 0.2) is 17.3 Å². The van der Waals surface area contributed by atoms with Crippen LogP contribution >= 0.6 is 0 Å². The number of hydrogen-bond donors (Lipinski definition) is 0. The molecule has 0 N–H and O–H groups in total. The van der Waals surface area contributed by atoms with Crippen LogP contribution in [0, 0.1) is 12.7 Å². The summed E-state index contributed by atoms with van der Waals surface area (Å²) in [6.07, 6.45) is 0. The van der Waals surface area contributed by atoms with Crippen molar-refractivity contribution in [1.82, 2.24) is 34.9 Å². The van der Waals surface area contributed by atoms with Crippen molar-refractivity contribution >= 4 is 11.5 Å². The summed E-state index contributed by atoms with van der Waals surface area (Å²) in [5, 5.41) is 16.8. The van der Waals surface area contributed by atoms with Crippen LogP contribution in [-0.2, 0) is 6.54 Å². The number of fused-ring (bicyclic) bond motifs is 1. The topological polar surface area (TPSA) is 88.5 Å². The number of halogens is 1. The van der Waals surface area contributed by atoms with Gasteiger partial charge in [0.05, 0.1) is 6.54 Å². The van der Waals surface area contributed by atoms with Gasteiger partial charge in [0, 0.05) is 24.7 Å². The molecule has 0 amide bonds. The van der Waals surface area contributed by atoms with Gasteiger partial charge in [0.2, 0.25) is 5.89 Å². The highest BCUT2D eigenvalue weighted by Gasteiger charge is 2.32. The highest BCUT2D eigenvalue weighted by atomic mass is 19.1. The maximum Gasteiger partial charge on any atom is 0.240 e. The second-order valence-electron chi connectivity index (χ2n) is 7.20. The predicted octanol–water partition coefficient (Wildman–Crippen LogP) is 1.94. The van der Waals surface area contributed by atoms with E-state index in [1.54, 1.807) is 16.6 Å². The number of benzene rings is 1. The first-order valence-electron chi connectivity index (χ1n) is 9.29. The van der Waals surface area contributed by atoms with Gasteiger partial charge in [-0.05, 0) is 38.2 Å². The van der Waals surface area contributed by atoms with E-state index in [-0.39, 0.29) is 5.82 Å². The molecule has 4 aromatic rings. The minimum absolute atomic E-state index is 0.319. The van der Waals surface area contributed by atoms with Gasteiger partial charge in [0.25, 0.3) is 0 Å². The maximum atomic E-state index is 13.6. The summed E-state index contributed by atoms with van der Waals surface area (Å²) in [5.41, 5.74) is 1.26. The number of hydrogen-bond acceptors (Lipinski definition) is 8. The average Bonchev–Trinajstić information content (AvgIpc) is 3.26. The summed E-state index contributed by atoms with van der Waals surface area (Å²) in [7, 11) is 2.04. The summed E-state index contributed by atoms with van der Waals surface area (Å²) in [6, 6.07) is 10.4. The van der Waals surface area contributed by atoms with Crippen LogP contribution in [0.3, 0.4) is 0 Å². The van der Waals surface area contributed by atoms with Gasteiger partial charge in [-0.3, -0.25) is 4.90 Å². The molecule has 3 aromatic heterocycles. The van der Waals surface area contributed by atoms with Gasteiger partial charge < -0.3 is 9.42 Å². The van der Waals surface area contributed by atoms with Crippen molar-refractivity contribution in [3.63, 3.8) is 0 Å². The lowest BCUT2D eigenvalue weighted by atomic mass is 10.1. The molecule has 0 radical (unpaired) electrons. The second kappa shape index (κ2) is 6.89. The fourth-order valence-corrected chi connectivity index (χ4v) is 3.42. The molecule has 4 heterocycles. The fourth-order valence-electron chi connectivity index (χ4n) is 3.42. The Labute approximate surface area is 165 Å². The Hall–Kier alpha value is -3.40. The Morgan fingerprint density at radius 2 is 2.07 bits per heavy atom. The van der Waals surface area contributed by atoms with Crippen LogP contribution in [0.15, 0.2) is 40.9 Å². The molecule has 1 fully saturated rings. The number of anilines is 1. The maximum absolute atomic E-state index is 13.6. The highest BCUT2D eigenvalue weighted by molar-refractivity contribution is 5.60. The first kappa shape index (κ1) is 17.7. The van der Waals surface area contributed by atoms with Gasteiger partial charge in [0.1, 0.15) is 11.6 Å². The third kappa shape index (κ3) is 3.31. The minimum Gasteiger partial charge on any atom is -0.352 e. The standard InChI is InChI=1S/C19H19FN8O/c1-12-21-18(29-25-12)11-26(2)15-9-27(10-15)17-7-6-16-22-23-19(28(16)24-17)13-4-3-5-14(20)8-13/h3-8,15H,9-11H2,1-2H3. The summed E-state index contributed by atoms with van der Waals surface area (Å²) in [5.74, 6) is 2.28. The molecule has 1 aliphatic rings. The Bertz CT molecular complexity index is 1170. The van der Waals surface area contributed by atoms with Gasteiger partial charge in [-0.15, -0.1) is 15.3 Å². The number of nitrogens with zero attached hydrogens (tertiary/aromatic N) is 8. The van der Waals surface area contributed by atoms with E-state index in [4.69, 9.17) is 4.52 Å². The summed E-state index contributed by atoms with van der Waals surface area (Å²) < 4.78 is 20.5. The van der Waals surface area contributed by atoms with Crippen LogP contribution in [0.1, 0.15) is 11.7 Å². The van der Waals surface area contributed by atoms with Crippen molar-refractivity contribution < 1.29 is 8.91 Å². The zero-order chi connectivity index (χ0) is 20.0. The minimum atomic E-state index is -0.319. The molecule has 0 bridgehead atoms. The van der Waals surface area contributed by atoms with E-state index < -0.39 is 0 Å². The monoisotopic (exact) mass is 394 g/mol. The lowest BCUT2D eigenvalue weighted by Gasteiger charge is -2.44. The third-order valence-corrected chi connectivity index (χ3v) is 5.10. The van der Waals surface area contributed by atoms with Crippen molar-refractivity contribution in [2.45, 2.75) is 19.5 Å². The molecule has 1 saturated heterocycles. The van der Waals surface area contributed by atoms with E-state index in [0.717, 1.165) is 18.9 Å². The predicted molar refractivity (Wildman–Crippen MR) is 103 cm³/mol. The first-order valence-corrected chi connectivity index (χ1v) is 9.29. The number of rotatable bonds is 5. The highest BCUT2D eigenvalue weighted by Crippen LogP contribution is 2.24. The Morgan fingerprint density at radius 3 is 2.83 bits per heavy atom. The van der Waals surface area contributed by atoms with E-state index in [9.17, 15) is 4.39 Å². The number of aromatic nitrogens is 6. The molecule has 5 rings (SSSR count). The van der Waals surface area contributed by atoms with E-state index in [0.29, 0.717) is 41.3 Å². The van der Waals surface area contributed by atoms with E-state index in [1.807, 2.05) is 26.1 Å². The molecule has 0 spiro atoms. The first-order chi connectivity index (χ1) is 14.1. The van der Waals surface area contributed by atoms with Crippen LogP contribution in [-0.4, -0.2) is 61.0 Å². The quantitative estimate of drug-likeness (QED) is 0.507. The van der Waals surface area contributed by atoms with Gasteiger partial charge in [-0.2, -0.15) is 9.50 Å². The van der Waals surface area contributed by atoms with E-state index >= 15 is 0 Å². The molecule has 29 heavy (non-hydrogen) atoms. The molecule has 0 atom stereocenters. The van der Waals surface area contributed by atoms with Gasteiger partial charge in [-0.25, -0.2) is 4.39 Å². The summed E-state index contributed by atoms with van der Waals surface area (Å²) in [6.45, 7) is 4.09. The van der Waals surface area contributed by atoms with Crippen molar-refractivity contribution in [2.75, 3.05) is 25.0 Å². The molecule has 0 unspecified atom stereocenters. The van der Waals surface area contributed by atoms with Crippen molar-refractivity contribution in [2.24, 2.45) is 0 Å². The second-order valence-corrected chi connectivity index (χ2v) is 7.20. The summed E-state index contributed by atoms with van der Waals surface area (Å²) in [4.78, 5) is 8.62. The molecule has 0 saturated carbocycles. The van der Waals surface area contributed by atoms with Gasteiger partial charge in [-0.1, -0.05) is 17.3 Å². The Morgan fingerprint density at radius 1 is 1.21 bits per heavy atom. The van der Waals surface area contributed by atoms with Crippen LogP contribution in [0.25, 0.3) is 17.0 Å². The molecule has 0 aliphatic carbocycles. The number of aryl methyl sites for hydroxylation is 1. The molecule has 10 heteroatoms. The Balaban J connectivity index is 1.32. The van der Waals surface area contributed by atoms with Crippen LogP contribution in [0.5, 0.6) is 0 Å². The van der Waals surface area contributed by atoms with E-state index in [2.05, 4.69) is 35.2 Å². The van der Waals surface area contributed by atoms with Crippen molar-refractivity contribution in [1.29, 1.82) is 0 Å². The molecular formula is C19H19FN8O. The van der Waals surface area contributed by atoms with Gasteiger partial charge >= 0.3 is 0 Å². The van der Waals surface area contributed by atoms with Crippen molar-refractivity contribution in [3.8, 4) is 11.4 Å². The smallest absolute Gasteiger partial charge is 0.240 e. The Kier molecular flexibility index (Phi) is 4.20. The lowest BCUT2D eigenvalue weighted by molar-refractivity contribution is 0.174. The summed E-state index contributed by atoms with van der Waals surface area (Å²) >= 11 is 0. The molecule has 9 nitrogen and oxygen atoms in total. The third-order valence-electron chi connectivity index (χ3n) is 5.10. The van der Waals surface area contributed by atoms with Crippen LogP contribution in [0.2, 0.25) is 0 Å². The molecule has 148 valence electrons. The number of likely N-dealkylation sites (N-methyl/N-ethyl adjacent to an activating group) is 1. The lowest BCUT2D eigenvalue weighted by Crippen LogP contribution is -2.58. The zero-order valence-electron chi connectivity index (χ0n) is 16.0. The van der Waals surface area contributed by atoms with Crippen molar-refractivity contribution in [3.05, 3.63) is 53.9 Å². The molecule has 1 aromatic carbocycles. The molecule has 1 aliphatic heterocycles. The average molecular weight is 394 g/mol.